The monoisotopic (exact) mass is 497 g/mol. The van der Waals surface area contributed by atoms with Gasteiger partial charge in [0.15, 0.2) is 0 Å². The number of ether oxygens (including phenoxy) is 1. The van der Waals surface area contributed by atoms with Crippen LogP contribution in [0.4, 0.5) is 0 Å². The van der Waals surface area contributed by atoms with E-state index in [9.17, 15) is 15.4 Å². The average Bonchev–Trinajstić information content (AvgIpc) is 2.89. The number of hydrogen-bond acceptors (Lipinski definition) is 4. The molecule has 36 heavy (non-hydrogen) atoms. The van der Waals surface area contributed by atoms with Crippen molar-refractivity contribution in [3.63, 3.8) is 0 Å². The largest absolute Gasteiger partial charge is 0.632 e. The van der Waals surface area contributed by atoms with Gasteiger partial charge in [0.1, 0.15) is 30.8 Å². The summed E-state index contributed by atoms with van der Waals surface area (Å²) in [6, 6.07) is 19.0. The summed E-state index contributed by atoms with van der Waals surface area (Å²) >= 11 is 0. The Labute approximate surface area is 218 Å². The van der Waals surface area contributed by atoms with Gasteiger partial charge in [0, 0.05) is 17.5 Å². The molecule has 0 unspecified atom stereocenters. The number of hydroxylamine groups is 3. The molecule has 3 atom stereocenters. The van der Waals surface area contributed by atoms with Gasteiger partial charge in [0.05, 0.1) is 13.2 Å². The maximum Gasteiger partial charge on any atom is 0.137 e. The second kappa shape index (κ2) is 14.8. The van der Waals surface area contributed by atoms with Crippen LogP contribution in [0.2, 0.25) is 0 Å². The molecule has 0 saturated carbocycles. The summed E-state index contributed by atoms with van der Waals surface area (Å²) in [5.74, 6) is 0. The molecule has 0 aromatic heterocycles. The molecule has 1 aliphatic rings. The molecule has 0 amide bonds. The van der Waals surface area contributed by atoms with Crippen molar-refractivity contribution >= 4 is 0 Å². The summed E-state index contributed by atoms with van der Waals surface area (Å²) in [5, 5.41) is 36.6. The Bertz CT molecular complexity index is 805. The molecule has 5 heteroatoms. The van der Waals surface area contributed by atoms with Gasteiger partial charge in [-0.15, -0.1) is 0 Å². The first-order valence-corrected chi connectivity index (χ1v) is 14.1. The zero-order valence-electron chi connectivity index (χ0n) is 22.2. The Hall–Kier alpha value is -1.76. The minimum absolute atomic E-state index is 0.266. The van der Waals surface area contributed by atoms with Gasteiger partial charge in [0.2, 0.25) is 0 Å². The minimum Gasteiger partial charge on any atom is -0.632 e. The second-order valence-electron chi connectivity index (χ2n) is 10.7. The highest BCUT2D eigenvalue weighted by Crippen LogP contribution is 2.38. The van der Waals surface area contributed by atoms with Gasteiger partial charge in [-0.2, -0.15) is 0 Å². The highest BCUT2D eigenvalue weighted by atomic mass is 16.6. The van der Waals surface area contributed by atoms with E-state index in [-0.39, 0.29) is 19.7 Å². The smallest absolute Gasteiger partial charge is 0.137 e. The van der Waals surface area contributed by atoms with Crippen LogP contribution in [-0.2, 0) is 17.8 Å². The fraction of sp³-hybridized carbons (Fsp3) is 0.613. The average molecular weight is 498 g/mol. The molecule has 5 nitrogen and oxygen atoms in total. The van der Waals surface area contributed by atoms with Gasteiger partial charge in [-0.05, 0) is 6.42 Å². The molecular weight excluding hydrogens is 450 g/mol. The third-order valence-electron chi connectivity index (χ3n) is 7.87. The van der Waals surface area contributed by atoms with E-state index in [0.29, 0.717) is 19.4 Å². The van der Waals surface area contributed by atoms with E-state index in [1.54, 1.807) is 0 Å². The Morgan fingerprint density at radius 1 is 0.833 bits per heavy atom. The Balaban J connectivity index is 1.66. The highest BCUT2D eigenvalue weighted by Gasteiger charge is 2.51. The summed E-state index contributed by atoms with van der Waals surface area (Å²) in [6.45, 7) is 2.90. The van der Waals surface area contributed by atoms with Crippen molar-refractivity contribution in [3.05, 3.63) is 77.0 Å². The Kier molecular flexibility index (Phi) is 11.9. The van der Waals surface area contributed by atoms with Gasteiger partial charge in [-0.3, -0.25) is 0 Å². The molecule has 0 spiro atoms. The van der Waals surface area contributed by atoms with Crippen molar-refractivity contribution in [3.8, 4) is 0 Å². The van der Waals surface area contributed by atoms with Crippen LogP contribution in [-0.4, -0.2) is 45.8 Å². The van der Waals surface area contributed by atoms with Crippen molar-refractivity contribution in [1.82, 2.24) is 0 Å². The van der Waals surface area contributed by atoms with Crippen molar-refractivity contribution in [2.24, 2.45) is 0 Å². The normalized spacial score (nSPS) is 22.6. The van der Waals surface area contributed by atoms with Crippen LogP contribution in [0.1, 0.15) is 88.7 Å². The van der Waals surface area contributed by atoms with Crippen LogP contribution in [0.15, 0.2) is 60.7 Å². The third kappa shape index (κ3) is 8.12. The molecule has 2 aromatic rings. The van der Waals surface area contributed by atoms with Crippen molar-refractivity contribution in [2.45, 2.75) is 108 Å². The first-order valence-electron chi connectivity index (χ1n) is 14.1. The van der Waals surface area contributed by atoms with Gasteiger partial charge < -0.3 is 24.8 Å². The lowest BCUT2D eigenvalue weighted by Gasteiger charge is -2.55. The van der Waals surface area contributed by atoms with Crippen LogP contribution in [0.25, 0.3) is 0 Å². The SMILES string of the molecule is CCCCCCCCCCC[C@]1(CO)OCC[C@@H]([N+]([O-])(Cc2ccccc2)Cc2ccccc2)[C@@H]1O. The Morgan fingerprint density at radius 2 is 1.33 bits per heavy atom. The maximum absolute atomic E-state index is 14.6. The maximum atomic E-state index is 14.6. The van der Waals surface area contributed by atoms with Crippen LogP contribution in [0.3, 0.4) is 0 Å². The molecule has 0 aliphatic carbocycles. The zero-order valence-corrected chi connectivity index (χ0v) is 22.2. The first kappa shape index (κ1) is 28.8. The number of quaternary nitrogens is 1. The lowest BCUT2D eigenvalue weighted by molar-refractivity contribution is -0.937. The molecule has 1 saturated heterocycles. The van der Waals surface area contributed by atoms with E-state index >= 15 is 0 Å². The van der Waals surface area contributed by atoms with Crippen molar-refractivity contribution in [2.75, 3.05) is 13.2 Å². The summed E-state index contributed by atoms with van der Waals surface area (Å²) in [7, 11) is 0. The molecule has 0 bridgehead atoms. The number of aliphatic hydroxyl groups excluding tert-OH is 2. The van der Waals surface area contributed by atoms with Crippen molar-refractivity contribution in [1.29, 1.82) is 0 Å². The minimum atomic E-state index is -1.06. The van der Waals surface area contributed by atoms with Gasteiger partial charge in [-0.1, -0.05) is 125 Å². The summed E-state index contributed by atoms with van der Waals surface area (Å²) in [5.41, 5.74) is 0.844. The molecule has 1 heterocycles. The Morgan fingerprint density at radius 3 is 1.83 bits per heavy atom. The molecule has 2 N–H and O–H groups in total. The number of benzene rings is 2. The number of nitrogens with zero attached hydrogens (tertiary/aromatic N) is 1. The number of unbranched alkanes of at least 4 members (excludes halogenated alkanes) is 8. The number of aliphatic hydroxyl groups is 2. The fourth-order valence-electron chi connectivity index (χ4n) is 5.72. The standard InChI is InChI=1S/C31H47NO4/c1-2-3-4-5-6-7-8-9-16-22-31(26-33)30(34)29(21-23-36-31)32(35,24-27-17-12-10-13-18-27)25-28-19-14-11-15-20-28/h10-15,17-20,29-30,33-34H,2-9,16,21-26H2,1H3/t29-,30+,31-/m1/s1. The van der Waals surface area contributed by atoms with Crippen LogP contribution in [0.5, 0.6) is 0 Å². The van der Waals surface area contributed by atoms with E-state index < -0.39 is 22.4 Å². The molecule has 0 radical (unpaired) electrons. The lowest BCUT2D eigenvalue weighted by Crippen LogP contribution is -2.66. The molecular formula is C31H47NO4. The van der Waals surface area contributed by atoms with Crippen LogP contribution < -0.4 is 0 Å². The summed E-state index contributed by atoms with van der Waals surface area (Å²) < 4.78 is 5.52. The summed E-state index contributed by atoms with van der Waals surface area (Å²) in [4.78, 5) is 0. The zero-order chi connectivity index (χ0) is 25.7. The number of hydrogen-bond donors (Lipinski definition) is 2. The third-order valence-corrected chi connectivity index (χ3v) is 7.87. The quantitative estimate of drug-likeness (QED) is 0.158. The second-order valence-corrected chi connectivity index (χ2v) is 10.7. The number of rotatable bonds is 16. The van der Waals surface area contributed by atoms with E-state index in [1.165, 1.54) is 38.5 Å². The first-order chi connectivity index (χ1) is 17.5. The van der Waals surface area contributed by atoms with E-state index in [4.69, 9.17) is 4.74 Å². The predicted octanol–water partition coefficient (Wildman–Crippen LogP) is 6.50. The molecule has 200 valence electrons. The lowest BCUT2D eigenvalue weighted by atomic mass is 9.82. The van der Waals surface area contributed by atoms with Crippen molar-refractivity contribution < 1.29 is 19.6 Å². The van der Waals surface area contributed by atoms with E-state index in [2.05, 4.69) is 6.92 Å². The predicted molar refractivity (Wildman–Crippen MR) is 146 cm³/mol. The van der Waals surface area contributed by atoms with Gasteiger partial charge >= 0.3 is 0 Å². The highest BCUT2D eigenvalue weighted by molar-refractivity contribution is 5.16. The fourth-order valence-corrected chi connectivity index (χ4v) is 5.72. The van der Waals surface area contributed by atoms with E-state index in [1.807, 2.05) is 60.7 Å². The van der Waals surface area contributed by atoms with Gasteiger partial charge in [0.25, 0.3) is 0 Å². The van der Waals surface area contributed by atoms with Crippen LogP contribution in [0, 0.1) is 5.21 Å². The topological polar surface area (TPSA) is 72.8 Å². The molecule has 1 aliphatic heterocycles. The van der Waals surface area contributed by atoms with Crippen LogP contribution >= 0.6 is 0 Å². The molecule has 1 fully saturated rings. The molecule has 2 aromatic carbocycles. The van der Waals surface area contributed by atoms with E-state index in [0.717, 1.165) is 30.4 Å². The van der Waals surface area contributed by atoms with Gasteiger partial charge in [-0.25, -0.2) is 0 Å². The summed E-state index contributed by atoms with van der Waals surface area (Å²) in [6.07, 6.45) is 10.9. The molecule has 3 rings (SSSR count).